The van der Waals surface area contributed by atoms with E-state index in [9.17, 15) is 0 Å². The monoisotopic (exact) mass is 386 g/mol. The van der Waals surface area contributed by atoms with Gasteiger partial charge in [-0.15, -0.1) is 0 Å². The SMILES string of the molecule is CC(C)(C)c1cc(-c2cccc3ccccc23)cc(-c2cccc3ccccc23)c1. The van der Waals surface area contributed by atoms with Crippen molar-refractivity contribution in [2.24, 2.45) is 0 Å². The van der Waals surface area contributed by atoms with Gasteiger partial charge in [-0.1, -0.05) is 118 Å². The molecule has 0 fully saturated rings. The fraction of sp³-hybridized carbons (Fsp3) is 0.133. The van der Waals surface area contributed by atoms with Crippen LogP contribution in [0.4, 0.5) is 0 Å². The number of hydrogen-bond acceptors (Lipinski definition) is 0. The van der Waals surface area contributed by atoms with Gasteiger partial charge in [-0.3, -0.25) is 0 Å². The fourth-order valence-electron chi connectivity index (χ4n) is 4.33. The van der Waals surface area contributed by atoms with Crippen LogP contribution in [0.25, 0.3) is 43.8 Å². The molecule has 0 nitrogen and oxygen atoms in total. The van der Waals surface area contributed by atoms with Crippen LogP contribution in [0.5, 0.6) is 0 Å². The fourth-order valence-corrected chi connectivity index (χ4v) is 4.33. The zero-order chi connectivity index (χ0) is 20.7. The summed E-state index contributed by atoms with van der Waals surface area (Å²) < 4.78 is 0. The highest BCUT2D eigenvalue weighted by Crippen LogP contribution is 2.38. The summed E-state index contributed by atoms with van der Waals surface area (Å²) in [5.74, 6) is 0. The van der Waals surface area contributed by atoms with Gasteiger partial charge in [-0.25, -0.2) is 0 Å². The van der Waals surface area contributed by atoms with Crippen molar-refractivity contribution in [3.05, 3.63) is 109 Å². The molecule has 0 aliphatic carbocycles. The van der Waals surface area contributed by atoms with E-state index in [0.717, 1.165) is 0 Å². The van der Waals surface area contributed by atoms with Gasteiger partial charge in [0.1, 0.15) is 0 Å². The molecule has 5 aromatic rings. The van der Waals surface area contributed by atoms with Crippen molar-refractivity contribution in [2.45, 2.75) is 26.2 Å². The van der Waals surface area contributed by atoms with Gasteiger partial charge in [0.2, 0.25) is 0 Å². The van der Waals surface area contributed by atoms with Crippen LogP contribution in [-0.4, -0.2) is 0 Å². The summed E-state index contributed by atoms with van der Waals surface area (Å²) in [5, 5.41) is 5.16. The maximum Gasteiger partial charge on any atom is -0.0105 e. The molecule has 146 valence electrons. The van der Waals surface area contributed by atoms with Crippen LogP contribution in [0, 0.1) is 0 Å². The number of rotatable bonds is 2. The molecule has 0 amide bonds. The van der Waals surface area contributed by atoms with Gasteiger partial charge in [0, 0.05) is 0 Å². The molecule has 0 saturated carbocycles. The maximum absolute atomic E-state index is 2.37. The van der Waals surface area contributed by atoms with Crippen LogP contribution in [0.3, 0.4) is 0 Å². The predicted octanol–water partition coefficient (Wildman–Crippen LogP) is 8.62. The first-order chi connectivity index (χ1) is 14.5. The molecule has 0 heterocycles. The van der Waals surface area contributed by atoms with Crippen molar-refractivity contribution in [2.75, 3.05) is 0 Å². The van der Waals surface area contributed by atoms with Crippen molar-refractivity contribution in [3.8, 4) is 22.3 Å². The smallest absolute Gasteiger partial charge is 0.0105 e. The van der Waals surface area contributed by atoms with E-state index in [1.54, 1.807) is 0 Å². The van der Waals surface area contributed by atoms with Gasteiger partial charge in [0.25, 0.3) is 0 Å². The third-order valence-electron chi connectivity index (χ3n) is 6.00. The van der Waals surface area contributed by atoms with E-state index in [0.29, 0.717) is 0 Å². The normalized spacial score (nSPS) is 11.8. The Bertz CT molecular complexity index is 1260. The zero-order valence-corrected chi connectivity index (χ0v) is 17.8. The second kappa shape index (κ2) is 7.15. The first-order valence-corrected chi connectivity index (χ1v) is 10.6. The highest BCUT2D eigenvalue weighted by atomic mass is 14.2. The topological polar surface area (TPSA) is 0 Å². The van der Waals surface area contributed by atoms with Gasteiger partial charge >= 0.3 is 0 Å². The Morgan fingerprint density at radius 1 is 0.467 bits per heavy atom. The Hall–Kier alpha value is -3.38. The highest BCUT2D eigenvalue weighted by Gasteiger charge is 2.18. The molecule has 0 bridgehead atoms. The molecule has 5 aromatic carbocycles. The quantitative estimate of drug-likeness (QED) is 0.285. The van der Waals surface area contributed by atoms with Crippen molar-refractivity contribution >= 4 is 21.5 Å². The predicted molar refractivity (Wildman–Crippen MR) is 131 cm³/mol. The van der Waals surface area contributed by atoms with E-state index in [-0.39, 0.29) is 5.41 Å². The van der Waals surface area contributed by atoms with Gasteiger partial charge in [0.05, 0.1) is 0 Å². The Labute approximate surface area is 178 Å². The van der Waals surface area contributed by atoms with Crippen molar-refractivity contribution < 1.29 is 0 Å². The van der Waals surface area contributed by atoms with E-state index < -0.39 is 0 Å². The Morgan fingerprint density at radius 2 is 0.900 bits per heavy atom. The average Bonchev–Trinajstić information content (AvgIpc) is 2.77. The van der Waals surface area contributed by atoms with Crippen molar-refractivity contribution in [1.82, 2.24) is 0 Å². The Morgan fingerprint density at radius 3 is 1.37 bits per heavy atom. The molecule has 0 spiro atoms. The van der Waals surface area contributed by atoms with Gasteiger partial charge in [-0.05, 0) is 60.8 Å². The van der Waals surface area contributed by atoms with E-state index >= 15 is 0 Å². The van der Waals surface area contributed by atoms with Crippen LogP contribution in [0.1, 0.15) is 26.3 Å². The molecule has 0 saturated heterocycles. The van der Waals surface area contributed by atoms with E-state index in [4.69, 9.17) is 0 Å². The van der Waals surface area contributed by atoms with Crippen molar-refractivity contribution in [3.63, 3.8) is 0 Å². The van der Waals surface area contributed by atoms with Crippen LogP contribution < -0.4 is 0 Å². The van der Waals surface area contributed by atoms with Gasteiger partial charge in [-0.2, -0.15) is 0 Å². The molecule has 0 aliphatic rings. The van der Waals surface area contributed by atoms with Crippen LogP contribution >= 0.6 is 0 Å². The van der Waals surface area contributed by atoms with E-state index in [2.05, 4.69) is 124 Å². The second-order valence-electron chi connectivity index (χ2n) is 9.10. The standard InChI is InChI=1S/C30H26/c1-30(2,3)25-19-23(28-16-8-12-21-10-4-6-14-26(21)28)18-24(20-25)29-17-9-13-22-11-5-7-15-27(22)29/h4-20H,1-3H3. The molecule has 0 unspecified atom stereocenters. The molecule has 0 N–H and O–H groups in total. The summed E-state index contributed by atoms with van der Waals surface area (Å²) in [4.78, 5) is 0. The van der Waals surface area contributed by atoms with Crippen LogP contribution in [0.2, 0.25) is 0 Å². The molecule has 0 radical (unpaired) electrons. The zero-order valence-electron chi connectivity index (χ0n) is 17.8. The van der Waals surface area contributed by atoms with Crippen LogP contribution in [-0.2, 0) is 5.41 Å². The number of benzene rings is 5. The van der Waals surface area contributed by atoms with E-state index in [1.807, 2.05) is 0 Å². The lowest BCUT2D eigenvalue weighted by Crippen LogP contribution is -2.11. The summed E-state index contributed by atoms with van der Waals surface area (Å²) >= 11 is 0. The molecule has 30 heavy (non-hydrogen) atoms. The van der Waals surface area contributed by atoms with E-state index in [1.165, 1.54) is 49.4 Å². The molecule has 0 aliphatic heterocycles. The third kappa shape index (κ3) is 3.29. The molecule has 0 heteroatoms. The summed E-state index contributed by atoms with van der Waals surface area (Å²) in [5.41, 5.74) is 6.57. The molecular weight excluding hydrogens is 360 g/mol. The lowest BCUT2D eigenvalue weighted by molar-refractivity contribution is 0.591. The summed E-state index contributed by atoms with van der Waals surface area (Å²) in [6.07, 6.45) is 0. The number of fused-ring (bicyclic) bond motifs is 2. The highest BCUT2D eigenvalue weighted by molar-refractivity contribution is 6.00. The summed E-state index contributed by atoms with van der Waals surface area (Å²) in [6.45, 7) is 6.88. The maximum atomic E-state index is 2.37. The third-order valence-corrected chi connectivity index (χ3v) is 6.00. The Kier molecular flexibility index (Phi) is 4.44. The molecular formula is C30H26. The van der Waals surface area contributed by atoms with Gasteiger partial charge in [0.15, 0.2) is 0 Å². The van der Waals surface area contributed by atoms with Gasteiger partial charge < -0.3 is 0 Å². The largest absolute Gasteiger partial charge is 0.0616 e. The number of hydrogen-bond donors (Lipinski definition) is 0. The molecule has 0 aromatic heterocycles. The average molecular weight is 387 g/mol. The molecule has 0 atom stereocenters. The minimum atomic E-state index is 0.0694. The lowest BCUT2D eigenvalue weighted by atomic mass is 9.82. The lowest BCUT2D eigenvalue weighted by Gasteiger charge is -2.22. The van der Waals surface area contributed by atoms with Crippen molar-refractivity contribution in [1.29, 1.82) is 0 Å². The minimum Gasteiger partial charge on any atom is -0.0616 e. The van der Waals surface area contributed by atoms with Crippen LogP contribution in [0.15, 0.2) is 103 Å². The minimum absolute atomic E-state index is 0.0694. The Balaban J connectivity index is 1.81. The summed E-state index contributed by atoms with van der Waals surface area (Å²) in [6, 6.07) is 37.6. The summed E-state index contributed by atoms with van der Waals surface area (Å²) in [7, 11) is 0. The second-order valence-corrected chi connectivity index (χ2v) is 9.10. The molecule has 5 rings (SSSR count). The first-order valence-electron chi connectivity index (χ1n) is 10.6. The first kappa shape index (κ1) is 18.6.